The average Bonchev–Trinajstić information content (AvgIpc) is 2.96. The van der Waals surface area contributed by atoms with Gasteiger partial charge in [-0.2, -0.15) is 0 Å². The Morgan fingerprint density at radius 3 is 2.20 bits per heavy atom. The summed E-state index contributed by atoms with van der Waals surface area (Å²) >= 11 is 0. The predicted molar refractivity (Wildman–Crippen MR) is 166 cm³/mol. The van der Waals surface area contributed by atoms with Gasteiger partial charge in [-0.15, -0.1) is 0 Å². The van der Waals surface area contributed by atoms with Crippen LogP contribution in [0.3, 0.4) is 0 Å². The van der Waals surface area contributed by atoms with Crippen molar-refractivity contribution in [2.24, 2.45) is 50.2 Å². The minimum atomic E-state index is -1.68. The summed E-state index contributed by atoms with van der Waals surface area (Å²) in [6.07, 6.45) is 0.775. The number of aliphatic hydroxyl groups is 6. The van der Waals surface area contributed by atoms with E-state index in [-0.39, 0.29) is 40.1 Å². The second-order valence-corrected chi connectivity index (χ2v) is 17.9. The van der Waals surface area contributed by atoms with Gasteiger partial charge in [0.05, 0.1) is 24.2 Å². The van der Waals surface area contributed by atoms with Crippen molar-refractivity contribution >= 4 is 5.97 Å². The van der Waals surface area contributed by atoms with Gasteiger partial charge in [0.1, 0.15) is 24.4 Å². The van der Waals surface area contributed by atoms with Gasteiger partial charge in [-0.1, -0.05) is 60.1 Å². The molecule has 0 radical (unpaired) electrons. The number of fused-ring (bicyclic) bond motifs is 7. The van der Waals surface area contributed by atoms with E-state index in [4.69, 9.17) is 9.47 Å². The van der Waals surface area contributed by atoms with Gasteiger partial charge in [-0.25, -0.2) is 0 Å². The van der Waals surface area contributed by atoms with Crippen molar-refractivity contribution in [1.82, 2.24) is 0 Å². The van der Waals surface area contributed by atoms with Gasteiger partial charge >= 0.3 is 5.97 Å². The molecule has 256 valence electrons. The first-order chi connectivity index (χ1) is 20.8. The van der Waals surface area contributed by atoms with Gasteiger partial charge in [-0.05, 0) is 103 Å². The Morgan fingerprint density at radius 1 is 0.844 bits per heavy atom. The first-order valence-electron chi connectivity index (χ1n) is 17.4. The van der Waals surface area contributed by atoms with Crippen LogP contribution >= 0.6 is 0 Å². The van der Waals surface area contributed by atoms with Gasteiger partial charge < -0.3 is 40.1 Å². The topological polar surface area (TPSA) is 157 Å². The quantitative estimate of drug-likeness (QED) is 0.202. The molecule has 1 heterocycles. The average molecular weight is 635 g/mol. The summed E-state index contributed by atoms with van der Waals surface area (Å²) in [4.78, 5) is 14.4. The number of allylic oxidation sites excluding steroid dienone is 2. The van der Waals surface area contributed by atoms with E-state index in [1.54, 1.807) is 0 Å². The number of esters is 1. The first-order valence-corrected chi connectivity index (χ1v) is 17.4. The van der Waals surface area contributed by atoms with Crippen LogP contribution in [-0.2, 0) is 14.3 Å². The van der Waals surface area contributed by atoms with Crippen LogP contribution in [0.1, 0.15) is 106 Å². The summed E-state index contributed by atoms with van der Waals surface area (Å²) in [5.74, 6) is 0.130. The molecule has 0 aromatic rings. The van der Waals surface area contributed by atoms with Gasteiger partial charge in [0, 0.05) is 0 Å². The third kappa shape index (κ3) is 4.54. The number of aliphatic hydroxyl groups excluding tert-OH is 6. The summed E-state index contributed by atoms with van der Waals surface area (Å²) in [5.41, 5.74) is -0.399. The van der Waals surface area contributed by atoms with Crippen molar-refractivity contribution in [2.45, 2.75) is 149 Å². The summed E-state index contributed by atoms with van der Waals surface area (Å²) in [6.45, 7) is 15.4. The van der Waals surface area contributed by atoms with E-state index in [1.165, 1.54) is 5.57 Å². The lowest BCUT2D eigenvalue weighted by Crippen LogP contribution is -2.66. The van der Waals surface area contributed by atoms with Crippen molar-refractivity contribution in [3.05, 3.63) is 11.6 Å². The number of rotatable bonds is 3. The first kappa shape index (κ1) is 33.8. The minimum absolute atomic E-state index is 0.00571. The standard InChI is InChI=1S/C36H58O9/c1-31(2)16-20-19-8-9-23-33(5)12-11-24(38)32(3,4)22(33)10-13-35(23,7)34(19,6)14-15-36(20,17-25(31)39)30(43)45-29-28(42)27(41)26(40)21(18-37)44-29/h8,20-29,37-42H,9-18H2,1-7H3/t20-,21+,22-,23+,24-,25?,26+,27-,28+,29-,33-,34+,35+,36+/m0/s1. The number of carbonyl (C=O) groups excluding carboxylic acids is 1. The number of carbonyl (C=O) groups is 1. The van der Waals surface area contributed by atoms with Crippen LogP contribution in [-0.4, -0.2) is 86.1 Å². The SMILES string of the molecule is CC1(C)C[C@H]2C3=CC[C@@H]4[C@@]5(C)CC[C@H](O)C(C)(C)[C@@H]5CC[C@@]4(C)[C@]3(C)CC[C@@]2(C(=O)O[C@@H]2O[C@H](CO)[C@@H](O)[C@H](O)[C@H]2O)CC1O. The Kier molecular flexibility index (Phi) is 8.05. The molecular weight excluding hydrogens is 576 g/mol. The molecule has 0 aromatic heterocycles. The highest BCUT2D eigenvalue weighted by atomic mass is 16.7. The third-order valence-corrected chi connectivity index (χ3v) is 15.3. The molecule has 6 N–H and O–H groups in total. The molecule has 14 atom stereocenters. The normalized spacial score (nSPS) is 53.6. The molecular formula is C36H58O9. The van der Waals surface area contributed by atoms with Gasteiger partial charge in [0.15, 0.2) is 0 Å². The zero-order chi connectivity index (χ0) is 33.1. The molecule has 4 saturated carbocycles. The van der Waals surface area contributed by atoms with E-state index in [0.29, 0.717) is 24.7 Å². The fourth-order valence-electron chi connectivity index (χ4n) is 12.0. The second-order valence-electron chi connectivity index (χ2n) is 17.9. The van der Waals surface area contributed by atoms with Crippen molar-refractivity contribution in [3.8, 4) is 0 Å². The maximum atomic E-state index is 14.4. The highest BCUT2D eigenvalue weighted by molar-refractivity contribution is 5.79. The van der Waals surface area contributed by atoms with Crippen LogP contribution < -0.4 is 0 Å². The Morgan fingerprint density at radius 2 is 1.53 bits per heavy atom. The van der Waals surface area contributed by atoms with E-state index in [1.807, 2.05) is 0 Å². The van der Waals surface area contributed by atoms with E-state index < -0.39 is 60.2 Å². The van der Waals surface area contributed by atoms with Crippen LogP contribution in [0, 0.1) is 50.2 Å². The molecule has 6 aliphatic rings. The van der Waals surface area contributed by atoms with Crippen molar-refractivity contribution in [1.29, 1.82) is 0 Å². The maximum Gasteiger partial charge on any atom is 0.315 e. The maximum absolute atomic E-state index is 14.4. The van der Waals surface area contributed by atoms with Crippen LogP contribution in [0.15, 0.2) is 11.6 Å². The summed E-state index contributed by atoms with van der Waals surface area (Å²) < 4.78 is 11.5. The molecule has 5 fully saturated rings. The zero-order valence-corrected chi connectivity index (χ0v) is 28.3. The molecule has 5 aliphatic carbocycles. The van der Waals surface area contributed by atoms with Gasteiger partial charge in [0.25, 0.3) is 0 Å². The predicted octanol–water partition coefficient (Wildman–Crippen LogP) is 3.46. The van der Waals surface area contributed by atoms with E-state index in [9.17, 15) is 35.4 Å². The Bertz CT molecular complexity index is 1210. The van der Waals surface area contributed by atoms with E-state index in [2.05, 4.69) is 54.5 Å². The number of hydrogen-bond donors (Lipinski definition) is 6. The molecule has 1 unspecified atom stereocenters. The molecule has 1 aliphatic heterocycles. The zero-order valence-electron chi connectivity index (χ0n) is 28.3. The van der Waals surface area contributed by atoms with E-state index >= 15 is 0 Å². The van der Waals surface area contributed by atoms with Crippen LogP contribution in [0.5, 0.6) is 0 Å². The van der Waals surface area contributed by atoms with Crippen LogP contribution in [0.4, 0.5) is 0 Å². The molecule has 0 amide bonds. The highest BCUT2D eigenvalue weighted by Crippen LogP contribution is 2.75. The second kappa shape index (κ2) is 10.7. The number of ether oxygens (including phenoxy) is 2. The van der Waals surface area contributed by atoms with Crippen LogP contribution in [0.25, 0.3) is 0 Å². The summed E-state index contributed by atoms with van der Waals surface area (Å²) in [5, 5.41) is 63.4. The lowest BCUT2D eigenvalue weighted by Gasteiger charge is -2.71. The summed E-state index contributed by atoms with van der Waals surface area (Å²) in [7, 11) is 0. The molecule has 9 heteroatoms. The minimum Gasteiger partial charge on any atom is -0.432 e. The molecule has 1 saturated heterocycles. The number of hydrogen-bond acceptors (Lipinski definition) is 9. The van der Waals surface area contributed by atoms with Crippen molar-refractivity contribution in [2.75, 3.05) is 6.61 Å². The molecule has 0 aromatic carbocycles. The van der Waals surface area contributed by atoms with Gasteiger partial charge in [-0.3, -0.25) is 4.79 Å². The van der Waals surface area contributed by atoms with Gasteiger partial charge in [0.2, 0.25) is 6.29 Å². The molecule has 45 heavy (non-hydrogen) atoms. The smallest absolute Gasteiger partial charge is 0.315 e. The lowest BCUT2D eigenvalue weighted by atomic mass is 9.33. The Hall–Kier alpha value is -1.07. The summed E-state index contributed by atoms with van der Waals surface area (Å²) in [6, 6.07) is 0. The highest BCUT2D eigenvalue weighted by Gasteiger charge is 2.70. The molecule has 0 spiro atoms. The van der Waals surface area contributed by atoms with Crippen molar-refractivity contribution in [3.63, 3.8) is 0 Å². The third-order valence-electron chi connectivity index (χ3n) is 15.3. The molecule has 6 rings (SSSR count). The fourth-order valence-corrected chi connectivity index (χ4v) is 12.0. The van der Waals surface area contributed by atoms with E-state index in [0.717, 1.165) is 38.5 Å². The Balaban J connectivity index is 1.37. The monoisotopic (exact) mass is 634 g/mol. The molecule has 9 nitrogen and oxygen atoms in total. The largest absolute Gasteiger partial charge is 0.432 e. The van der Waals surface area contributed by atoms with Crippen LogP contribution in [0.2, 0.25) is 0 Å². The molecule has 0 bridgehead atoms. The Labute approximate surface area is 268 Å². The van der Waals surface area contributed by atoms with Crippen molar-refractivity contribution < 1.29 is 44.9 Å². The lowest BCUT2D eigenvalue weighted by molar-refractivity contribution is -0.298. The fraction of sp³-hybridized carbons (Fsp3) is 0.917.